The Morgan fingerprint density at radius 2 is 2.33 bits per heavy atom. The van der Waals surface area contributed by atoms with Crippen LogP contribution in [0, 0.1) is 6.92 Å². The minimum atomic E-state index is 0.289. The van der Waals surface area contributed by atoms with Gasteiger partial charge in [0.05, 0.1) is 12.0 Å². The summed E-state index contributed by atoms with van der Waals surface area (Å²) in [6, 6.07) is 5.70. The van der Waals surface area contributed by atoms with Crippen molar-refractivity contribution in [1.29, 1.82) is 0 Å². The first-order valence-electron chi connectivity index (χ1n) is 4.40. The van der Waals surface area contributed by atoms with Gasteiger partial charge in [-0.25, -0.2) is 9.97 Å². The maximum absolute atomic E-state index is 5.75. The second-order valence-electron chi connectivity index (χ2n) is 2.98. The highest BCUT2D eigenvalue weighted by Crippen LogP contribution is 2.22. The van der Waals surface area contributed by atoms with E-state index in [0.717, 1.165) is 22.2 Å². The van der Waals surface area contributed by atoms with Gasteiger partial charge >= 0.3 is 0 Å². The van der Waals surface area contributed by atoms with Gasteiger partial charge in [0.2, 0.25) is 5.28 Å². The predicted octanol–water partition coefficient (Wildman–Crippen LogP) is 3.32. The number of hydrogen-bond donors (Lipinski definition) is 0. The summed E-state index contributed by atoms with van der Waals surface area (Å²) < 4.78 is 5.22. The monoisotopic (exact) mass is 240 g/mol. The van der Waals surface area contributed by atoms with Crippen LogP contribution in [0.25, 0.3) is 0 Å². The number of halogens is 1. The quantitative estimate of drug-likeness (QED) is 0.469. The van der Waals surface area contributed by atoms with Crippen molar-refractivity contribution >= 4 is 23.4 Å². The van der Waals surface area contributed by atoms with E-state index in [9.17, 15) is 0 Å². The smallest absolute Gasteiger partial charge is 0.223 e. The Morgan fingerprint density at radius 1 is 1.47 bits per heavy atom. The summed E-state index contributed by atoms with van der Waals surface area (Å²) in [4.78, 5) is 8.11. The zero-order chi connectivity index (χ0) is 10.7. The van der Waals surface area contributed by atoms with Crippen LogP contribution in [0.1, 0.15) is 11.5 Å². The van der Waals surface area contributed by atoms with E-state index in [0.29, 0.717) is 0 Å². The topological polar surface area (TPSA) is 38.9 Å². The molecular formula is C10H9ClN2OS. The molecule has 2 aromatic rings. The molecule has 78 valence electrons. The van der Waals surface area contributed by atoms with Gasteiger partial charge in [-0.15, -0.1) is 0 Å². The first-order chi connectivity index (χ1) is 7.24. The van der Waals surface area contributed by atoms with Crippen LogP contribution in [0.5, 0.6) is 0 Å². The zero-order valence-electron chi connectivity index (χ0n) is 8.11. The van der Waals surface area contributed by atoms with Gasteiger partial charge in [0.1, 0.15) is 10.8 Å². The third-order valence-corrected chi connectivity index (χ3v) is 2.85. The van der Waals surface area contributed by atoms with E-state index < -0.39 is 0 Å². The average molecular weight is 241 g/mol. The molecule has 0 spiro atoms. The lowest BCUT2D eigenvalue weighted by atomic mass is 10.5. The normalized spacial score (nSPS) is 10.5. The van der Waals surface area contributed by atoms with Crippen molar-refractivity contribution in [2.45, 2.75) is 17.7 Å². The Balaban J connectivity index is 2.05. The highest BCUT2D eigenvalue weighted by molar-refractivity contribution is 7.98. The van der Waals surface area contributed by atoms with Crippen molar-refractivity contribution in [1.82, 2.24) is 9.97 Å². The van der Waals surface area contributed by atoms with Crippen molar-refractivity contribution in [2.24, 2.45) is 0 Å². The second kappa shape index (κ2) is 4.68. The minimum Gasteiger partial charge on any atom is -0.468 e. The number of aryl methyl sites for hydroxylation is 1. The molecule has 15 heavy (non-hydrogen) atoms. The maximum atomic E-state index is 5.75. The molecule has 0 fully saturated rings. The summed E-state index contributed by atoms with van der Waals surface area (Å²) in [7, 11) is 0. The second-order valence-corrected chi connectivity index (χ2v) is 4.32. The molecule has 0 unspecified atom stereocenters. The van der Waals surface area contributed by atoms with Gasteiger partial charge in [0, 0.05) is 5.69 Å². The van der Waals surface area contributed by atoms with Gasteiger partial charge < -0.3 is 4.42 Å². The molecule has 0 aliphatic carbocycles. The minimum absolute atomic E-state index is 0.289. The van der Waals surface area contributed by atoms with Crippen molar-refractivity contribution in [3.05, 3.63) is 41.2 Å². The number of nitrogens with zero attached hydrogens (tertiary/aromatic N) is 2. The van der Waals surface area contributed by atoms with Crippen LogP contribution in [-0.2, 0) is 5.75 Å². The van der Waals surface area contributed by atoms with Gasteiger partial charge in [0.15, 0.2) is 0 Å². The van der Waals surface area contributed by atoms with Crippen LogP contribution in [0.2, 0.25) is 5.28 Å². The van der Waals surface area contributed by atoms with E-state index in [1.807, 2.05) is 25.1 Å². The molecule has 0 atom stereocenters. The molecule has 0 saturated carbocycles. The van der Waals surface area contributed by atoms with E-state index in [1.54, 1.807) is 18.0 Å². The van der Waals surface area contributed by atoms with Crippen molar-refractivity contribution in [3.63, 3.8) is 0 Å². The van der Waals surface area contributed by atoms with E-state index in [4.69, 9.17) is 16.0 Å². The van der Waals surface area contributed by atoms with Gasteiger partial charge in [-0.2, -0.15) is 0 Å². The van der Waals surface area contributed by atoms with Crippen LogP contribution < -0.4 is 0 Å². The average Bonchev–Trinajstić information content (AvgIpc) is 2.65. The molecular weight excluding hydrogens is 232 g/mol. The standard InChI is InChI=1S/C10H9ClN2OS/c1-7-5-9(13-10(11)12-7)15-6-8-3-2-4-14-8/h2-5H,6H2,1H3. The van der Waals surface area contributed by atoms with Crippen molar-refractivity contribution in [2.75, 3.05) is 0 Å². The lowest BCUT2D eigenvalue weighted by molar-refractivity contribution is 0.530. The van der Waals surface area contributed by atoms with E-state index in [2.05, 4.69) is 9.97 Å². The summed E-state index contributed by atoms with van der Waals surface area (Å²) in [6.45, 7) is 1.89. The fourth-order valence-electron chi connectivity index (χ4n) is 1.12. The summed E-state index contributed by atoms with van der Waals surface area (Å²) in [5.41, 5.74) is 0.872. The Hall–Kier alpha value is -1.000. The number of hydrogen-bond acceptors (Lipinski definition) is 4. The number of rotatable bonds is 3. The lowest BCUT2D eigenvalue weighted by Crippen LogP contribution is -1.89. The van der Waals surface area contributed by atoms with Crippen molar-refractivity contribution in [3.8, 4) is 0 Å². The maximum Gasteiger partial charge on any atom is 0.223 e. The molecule has 2 aromatic heterocycles. The van der Waals surface area contributed by atoms with E-state index in [-0.39, 0.29) is 5.28 Å². The third kappa shape index (κ3) is 2.97. The third-order valence-electron chi connectivity index (χ3n) is 1.75. The van der Waals surface area contributed by atoms with Crippen LogP contribution >= 0.6 is 23.4 Å². The molecule has 0 saturated heterocycles. The Morgan fingerprint density at radius 3 is 3.00 bits per heavy atom. The van der Waals surface area contributed by atoms with Gasteiger partial charge in [-0.1, -0.05) is 11.8 Å². The molecule has 0 aliphatic heterocycles. The van der Waals surface area contributed by atoms with Crippen LogP contribution in [-0.4, -0.2) is 9.97 Å². The van der Waals surface area contributed by atoms with Crippen molar-refractivity contribution < 1.29 is 4.42 Å². The number of furan rings is 1. The fraction of sp³-hybridized carbons (Fsp3) is 0.200. The molecule has 0 N–H and O–H groups in total. The molecule has 0 radical (unpaired) electrons. The summed E-state index contributed by atoms with van der Waals surface area (Å²) >= 11 is 7.33. The highest BCUT2D eigenvalue weighted by atomic mass is 35.5. The first-order valence-corrected chi connectivity index (χ1v) is 5.77. The van der Waals surface area contributed by atoms with Gasteiger partial charge in [0.25, 0.3) is 0 Å². The Kier molecular flexibility index (Phi) is 3.28. The van der Waals surface area contributed by atoms with Crippen LogP contribution in [0.3, 0.4) is 0 Å². The molecule has 3 nitrogen and oxygen atoms in total. The van der Waals surface area contributed by atoms with Crippen LogP contribution in [0.15, 0.2) is 33.9 Å². The number of aromatic nitrogens is 2. The predicted molar refractivity (Wildman–Crippen MR) is 60.0 cm³/mol. The lowest BCUT2D eigenvalue weighted by Gasteiger charge is -2.00. The molecule has 2 heterocycles. The Bertz CT molecular complexity index is 424. The fourth-order valence-corrected chi connectivity index (χ4v) is 2.25. The Labute approximate surface area is 96.9 Å². The molecule has 0 amide bonds. The van der Waals surface area contributed by atoms with Gasteiger partial charge in [-0.05, 0) is 36.7 Å². The summed E-state index contributed by atoms with van der Waals surface area (Å²) in [5.74, 6) is 1.67. The zero-order valence-corrected chi connectivity index (χ0v) is 9.68. The van der Waals surface area contributed by atoms with Gasteiger partial charge in [-0.3, -0.25) is 0 Å². The number of thioether (sulfide) groups is 1. The van der Waals surface area contributed by atoms with E-state index in [1.165, 1.54) is 0 Å². The summed E-state index contributed by atoms with van der Waals surface area (Å²) in [6.07, 6.45) is 1.66. The first kappa shape index (κ1) is 10.5. The molecule has 2 rings (SSSR count). The van der Waals surface area contributed by atoms with Crippen LogP contribution in [0.4, 0.5) is 0 Å². The summed E-state index contributed by atoms with van der Waals surface area (Å²) in [5, 5.41) is 1.15. The largest absolute Gasteiger partial charge is 0.468 e. The SMILES string of the molecule is Cc1cc(SCc2ccco2)nc(Cl)n1. The molecule has 0 aliphatic rings. The molecule has 5 heteroatoms. The van der Waals surface area contributed by atoms with E-state index >= 15 is 0 Å². The highest BCUT2D eigenvalue weighted by Gasteiger charge is 2.02. The molecule has 0 bridgehead atoms. The molecule has 0 aromatic carbocycles.